The maximum absolute atomic E-state index is 5.33. The fourth-order valence-corrected chi connectivity index (χ4v) is 0.455. The van der Waals surface area contributed by atoms with Crippen LogP contribution in [0.15, 0.2) is 21.6 Å². The molecule has 0 bridgehead atoms. The quantitative estimate of drug-likeness (QED) is 0.309. The molecule has 0 saturated carbocycles. The summed E-state index contributed by atoms with van der Waals surface area (Å²) in [6.07, 6.45) is 2.53. The highest BCUT2D eigenvalue weighted by Gasteiger charge is 2.03. The topological polar surface area (TPSA) is 0 Å². The first-order chi connectivity index (χ1) is 10.9. The Bertz CT molecular complexity index is 230. The first kappa shape index (κ1) is 37.2. The molecule has 1 atom stereocenters. The first-order valence-electron chi connectivity index (χ1n) is 6.40. The molecule has 0 aliphatic heterocycles. The smallest absolute Gasteiger partial charge is 0.112 e. The van der Waals surface area contributed by atoms with Gasteiger partial charge in [-0.15, -0.1) is 69.6 Å². The summed E-state index contributed by atoms with van der Waals surface area (Å²) in [6.45, 7) is 7.07. The molecule has 0 aliphatic carbocycles. The molecular formula is C14H24Cl10. The Labute approximate surface area is 197 Å². The molecule has 0 radical (unpaired) electrons. The molecule has 24 heavy (non-hydrogen) atoms. The van der Waals surface area contributed by atoms with E-state index in [1.54, 1.807) is 26.8 Å². The average Bonchev–Trinajstić information content (AvgIpc) is 2.47. The summed E-state index contributed by atoms with van der Waals surface area (Å²) in [6, 6.07) is 0. The lowest BCUT2D eigenvalue weighted by atomic mass is 10.6. The van der Waals surface area contributed by atoms with Gasteiger partial charge in [0.1, 0.15) is 8.82 Å². The van der Waals surface area contributed by atoms with Crippen LogP contribution in [0.1, 0.15) is 34.1 Å². The van der Waals surface area contributed by atoms with E-state index in [0.29, 0.717) is 22.1 Å². The van der Waals surface area contributed by atoms with Crippen molar-refractivity contribution in [2.24, 2.45) is 0 Å². The minimum absolute atomic E-state index is 0.122. The number of allylic oxidation sites excluding steroid dienone is 1. The van der Waals surface area contributed by atoms with Crippen molar-refractivity contribution in [3.05, 3.63) is 21.6 Å². The van der Waals surface area contributed by atoms with E-state index in [-0.39, 0.29) is 5.38 Å². The van der Waals surface area contributed by atoms with Crippen LogP contribution in [0.4, 0.5) is 0 Å². The van der Waals surface area contributed by atoms with Gasteiger partial charge in [-0.1, -0.05) is 52.5 Å². The Hall–Kier alpha value is 2.38. The number of alkyl halides is 6. The van der Waals surface area contributed by atoms with Gasteiger partial charge in [0.25, 0.3) is 0 Å². The number of hydrogen-bond acceptors (Lipinski definition) is 0. The monoisotopic (exact) mass is 542 g/mol. The van der Waals surface area contributed by atoms with Crippen LogP contribution in [0, 0.1) is 0 Å². The Morgan fingerprint density at radius 1 is 0.958 bits per heavy atom. The van der Waals surface area contributed by atoms with Gasteiger partial charge in [0.15, 0.2) is 0 Å². The summed E-state index contributed by atoms with van der Waals surface area (Å²) in [5, 5.41) is 0.122. The molecule has 0 aromatic carbocycles. The van der Waals surface area contributed by atoms with E-state index in [1.165, 1.54) is 11.1 Å². The minimum atomic E-state index is -0.556. The maximum atomic E-state index is 5.33. The molecule has 150 valence electrons. The van der Waals surface area contributed by atoms with Crippen molar-refractivity contribution < 1.29 is 0 Å². The highest BCUT2D eigenvalue weighted by molar-refractivity contribution is 6.55. The summed E-state index contributed by atoms with van der Waals surface area (Å²) >= 11 is 51.5. The van der Waals surface area contributed by atoms with Gasteiger partial charge < -0.3 is 0 Å². The van der Waals surface area contributed by atoms with Crippen LogP contribution in [0.3, 0.4) is 0 Å². The first-order valence-corrected chi connectivity index (χ1v) is 10.8. The molecule has 0 saturated heterocycles. The molecule has 0 aromatic rings. The molecule has 0 nitrogen and oxygen atoms in total. The van der Waals surface area contributed by atoms with E-state index in [2.05, 4.69) is 0 Å². The summed E-state index contributed by atoms with van der Waals surface area (Å²) in [4.78, 5) is 0. The molecule has 0 rings (SSSR count). The fraction of sp³-hybridized carbons (Fsp3) is 0.714. The minimum Gasteiger partial charge on any atom is -0.127 e. The highest BCUT2D eigenvalue weighted by Crippen LogP contribution is 2.16. The van der Waals surface area contributed by atoms with Crippen molar-refractivity contribution >= 4 is 116 Å². The second kappa shape index (κ2) is 33.0. The second-order valence-electron chi connectivity index (χ2n) is 3.82. The molecule has 0 aromatic heterocycles. The van der Waals surface area contributed by atoms with Crippen LogP contribution in [0.2, 0.25) is 0 Å². The van der Waals surface area contributed by atoms with E-state index < -0.39 is 4.33 Å². The van der Waals surface area contributed by atoms with Crippen LogP contribution in [0.5, 0.6) is 0 Å². The van der Waals surface area contributed by atoms with Gasteiger partial charge in [-0.05, 0) is 34.1 Å². The van der Waals surface area contributed by atoms with Crippen molar-refractivity contribution in [2.75, 3.05) is 17.6 Å². The van der Waals surface area contributed by atoms with Gasteiger partial charge >= 0.3 is 0 Å². The van der Waals surface area contributed by atoms with E-state index >= 15 is 0 Å². The van der Waals surface area contributed by atoms with Crippen LogP contribution in [0.25, 0.3) is 0 Å². The molecule has 0 spiro atoms. The summed E-state index contributed by atoms with van der Waals surface area (Å²) < 4.78 is -0.231. The van der Waals surface area contributed by atoms with Crippen LogP contribution >= 0.6 is 116 Å². The largest absolute Gasteiger partial charge is 0.127 e. The van der Waals surface area contributed by atoms with Crippen molar-refractivity contribution in [1.29, 1.82) is 0 Å². The van der Waals surface area contributed by atoms with Crippen molar-refractivity contribution in [3.8, 4) is 0 Å². The van der Waals surface area contributed by atoms with Gasteiger partial charge in [-0.3, -0.25) is 0 Å². The lowest BCUT2D eigenvalue weighted by Gasteiger charge is -1.98. The third-order valence-corrected chi connectivity index (χ3v) is 2.87. The van der Waals surface area contributed by atoms with Crippen molar-refractivity contribution in [3.63, 3.8) is 0 Å². The Kier molecular flexibility index (Phi) is 51.1. The van der Waals surface area contributed by atoms with E-state index in [9.17, 15) is 0 Å². The summed E-state index contributed by atoms with van der Waals surface area (Å²) in [7, 11) is 0. The van der Waals surface area contributed by atoms with Gasteiger partial charge in [0.05, 0.1) is 0 Å². The molecule has 1 unspecified atom stereocenters. The zero-order chi connectivity index (χ0) is 20.6. The van der Waals surface area contributed by atoms with E-state index in [1.807, 2.05) is 6.92 Å². The number of hydrogen-bond donors (Lipinski definition) is 0. The molecule has 0 N–H and O–H groups in total. The molecular weight excluding hydrogens is 523 g/mol. The van der Waals surface area contributed by atoms with Crippen molar-refractivity contribution in [1.82, 2.24) is 0 Å². The lowest BCUT2D eigenvalue weighted by Crippen LogP contribution is -1.93. The molecule has 0 amide bonds. The third kappa shape index (κ3) is 151. The highest BCUT2D eigenvalue weighted by atomic mass is 35.5. The molecule has 0 heterocycles. The average molecular weight is 547 g/mol. The maximum Gasteiger partial charge on any atom is 0.112 e. The Morgan fingerprint density at radius 3 is 1.17 bits per heavy atom. The second-order valence-corrected chi connectivity index (χ2v) is 9.23. The van der Waals surface area contributed by atoms with Gasteiger partial charge in [0.2, 0.25) is 0 Å². The van der Waals surface area contributed by atoms with Crippen LogP contribution in [-0.4, -0.2) is 27.4 Å². The van der Waals surface area contributed by atoms with Crippen LogP contribution in [-0.2, 0) is 0 Å². The third-order valence-electron chi connectivity index (χ3n) is 0.746. The predicted molar refractivity (Wildman–Crippen MR) is 124 cm³/mol. The van der Waals surface area contributed by atoms with Crippen molar-refractivity contribution in [2.45, 2.75) is 43.8 Å². The lowest BCUT2D eigenvalue weighted by molar-refractivity contribution is 0.995. The van der Waals surface area contributed by atoms with Gasteiger partial charge in [-0.25, -0.2) is 0 Å². The van der Waals surface area contributed by atoms with Gasteiger partial charge in [-0.2, -0.15) is 0 Å². The van der Waals surface area contributed by atoms with E-state index in [4.69, 9.17) is 116 Å². The number of halogens is 10. The standard InChI is InChI=1S/2C3H6Cl2.C3H4Cl2.C3H6Cl2.C2H2Cl2/c1-3(2,4)5;1-3(5)2-4;1-2-3(4)5;4-2-1-3-5;3-1-2-4/h1-2H3;3H,2H2,1H3;2H,1H3;1-3H2;1-2H/b;;;;2-1+. The number of rotatable bonds is 3. The molecule has 10 heteroatoms. The zero-order valence-corrected chi connectivity index (χ0v) is 21.5. The summed E-state index contributed by atoms with van der Waals surface area (Å²) in [5.41, 5.74) is 2.48. The molecule has 0 fully saturated rings. The predicted octanol–water partition coefficient (Wildman–Crippen LogP) is 10.2. The fourth-order valence-electron chi connectivity index (χ4n) is 0.0505. The SMILES string of the molecule is CC(C)(Cl)Cl.CC(Cl)CCl.CC=C(Cl)Cl.Cl/C=C/Cl.ClCCCCl. The van der Waals surface area contributed by atoms with E-state index in [0.717, 1.165) is 6.42 Å². The normalized spacial score (nSPS) is 10.4. The Morgan fingerprint density at radius 2 is 1.17 bits per heavy atom. The molecule has 0 aliphatic rings. The summed E-state index contributed by atoms with van der Waals surface area (Å²) in [5.74, 6) is 1.91. The van der Waals surface area contributed by atoms with Crippen LogP contribution < -0.4 is 0 Å². The zero-order valence-electron chi connectivity index (χ0n) is 13.9. The van der Waals surface area contributed by atoms with Gasteiger partial charge in [0, 0.05) is 34.1 Å². The Balaban J connectivity index is -0.0000000628.